The summed E-state index contributed by atoms with van der Waals surface area (Å²) >= 11 is 1.23. The maximum atomic E-state index is 12.4. The Morgan fingerprint density at radius 2 is 2.14 bits per heavy atom. The molecule has 0 aliphatic carbocycles. The van der Waals surface area contributed by atoms with Gasteiger partial charge in [-0.05, 0) is 6.07 Å². The average molecular weight is 299 g/mol. The van der Waals surface area contributed by atoms with Gasteiger partial charge in [0.25, 0.3) is 5.56 Å². The zero-order valence-corrected chi connectivity index (χ0v) is 12.2. The molecular formula is C15H13N3O2S. The second-order valence-corrected chi connectivity index (χ2v) is 5.59. The van der Waals surface area contributed by atoms with Crippen LogP contribution in [0, 0.1) is 0 Å². The molecule has 1 aromatic carbocycles. The van der Waals surface area contributed by atoms with Gasteiger partial charge >= 0.3 is 0 Å². The van der Waals surface area contributed by atoms with Gasteiger partial charge in [-0.25, -0.2) is 4.98 Å². The first kappa shape index (κ1) is 13.6. The molecule has 0 saturated carbocycles. The number of aromatic amines is 1. The van der Waals surface area contributed by atoms with E-state index in [0.717, 1.165) is 10.9 Å². The van der Waals surface area contributed by atoms with Crippen LogP contribution in [-0.2, 0) is 7.05 Å². The number of fused-ring (bicyclic) bond motifs is 1. The number of aromatic nitrogens is 3. The van der Waals surface area contributed by atoms with Crippen molar-refractivity contribution in [3.8, 4) is 0 Å². The van der Waals surface area contributed by atoms with Crippen molar-refractivity contribution in [2.24, 2.45) is 7.05 Å². The van der Waals surface area contributed by atoms with Crippen molar-refractivity contribution < 1.29 is 4.79 Å². The molecule has 5 nitrogen and oxygen atoms in total. The van der Waals surface area contributed by atoms with E-state index in [9.17, 15) is 9.59 Å². The molecule has 2 aromatic heterocycles. The van der Waals surface area contributed by atoms with Crippen LogP contribution in [0.5, 0.6) is 0 Å². The minimum atomic E-state index is -0.217. The highest BCUT2D eigenvalue weighted by Gasteiger charge is 2.14. The van der Waals surface area contributed by atoms with Crippen molar-refractivity contribution in [2.75, 3.05) is 5.75 Å². The normalized spacial score (nSPS) is 10.9. The molecule has 0 unspecified atom stereocenters. The van der Waals surface area contributed by atoms with Gasteiger partial charge in [0, 0.05) is 42.0 Å². The summed E-state index contributed by atoms with van der Waals surface area (Å²) in [7, 11) is 1.92. The highest BCUT2D eigenvalue weighted by molar-refractivity contribution is 7.99. The smallest absolute Gasteiger partial charge is 0.251 e. The molecule has 0 bridgehead atoms. The van der Waals surface area contributed by atoms with E-state index in [-0.39, 0.29) is 17.1 Å². The summed E-state index contributed by atoms with van der Waals surface area (Å²) in [5.41, 5.74) is 1.50. The quantitative estimate of drug-likeness (QED) is 0.456. The van der Waals surface area contributed by atoms with Gasteiger partial charge in [0.1, 0.15) is 0 Å². The molecule has 3 aromatic rings. The number of para-hydroxylation sites is 1. The molecule has 6 heteroatoms. The van der Waals surface area contributed by atoms with E-state index in [1.807, 2.05) is 42.1 Å². The molecule has 106 valence electrons. The van der Waals surface area contributed by atoms with Crippen LogP contribution in [0.2, 0.25) is 0 Å². The van der Waals surface area contributed by atoms with Gasteiger partial charge in [-0.3, -0.25) is 9.59 Å². The third kappa shape index (κ3) is 2.75. The number of nitrogens with zero attached hydrogens (tertiary/aromatic N) is 2. The Kier molecular flexibility index (Phi) is 3.62. The van der Waals surface area contributed by atoms with E-state index in [1.165, 1.54) is 24.0 Å². The van der Waals surface area contributed by atoms with Crippen molar-refractivity contribution in [1.29, 1.82) is 0 Å². The number of carbonyl (C=O) groups excluding carboxylic acids is 1. The molecule has 0 aliphatic rings. The molecule has 0 aliphatic heterocycles. The predicted octanol–water partition coefficient (Wildman–Crippen LogP) is 2.24. The van der Waals surface area contributed by atoms with Gasteiger partial charge in [0.2, 0.25) is 0 Å². The lowest BCUT2D eigenvalue weighted by Crippen LogP contribution is -2.07. The Balaban J connectivity index is 1.83. The van der Waals surface area contributed by atoms with Gasteiger partial charge in [0.15, 0.2) is 10.9 Å². The Hall–Kier alpha value is -2.34. The lowest BCUT2D eigenvalue weighted by atomic mass is 10.1. The molecule has 0 radical (unpaired) electrons. The molecule has 0 saturated heterocycles. The standard InChI is InChI=1S/C15H13N3O2S/c1-18-8-11(10-4-2-3-5-12(10)18)13(19)9-21-15-16-7-6-14(20)17-15/h2-8H,9H2,1H3,(H,16,17,20). The second-order valence-electron chi connectivity index (χ2n) is 4.62. The fourth-order valence-electron chi connectivity index (χ4n) is 2.20. The number of aryl methyl sites for hydroxylation is 1. The maximum absolute atomic E-state index is 12.4. The van der Waals surface area contributed by atoms with Crippen LogP contribution in [0.4, 0.5) is 0 Å². The summed E-state index contributed by atoms with van der Waals surface area (Å²) in [6.45, 7) is 0. The second kappa shape index (κ2) is 5.57. The fourth-order valence-corrected chi connectivity index (χ4v) is 2.93. The van der Waals surface area contributed by atoms with E-state index in [2.05, 4.69) is 9.97 Å². The SMILES string of the molecule is Cn1cc(C(=O)CSc2nccc(=O)[nH]2)c2ccccc21. The van der Waals surface area contributed by atoms with Crippen molar-refractivity contribution in [1.82, 2.24) is 14.5 Å². The van der Waals surface area contributed by atoms with Crippen LogP contribution in [0.3, 0.4) is 0 Å². The number of H-pyrrole nitrogens is 1. The average Bonchev–Trinajstić information content (AvgIpc) is 2.83. The fraction of sp³-hybridized carbons (Fsp3) is 0.133. The van der Waals surface area contributed by atoms with E-state index in [0.29, 0.717) is 10.7 Å². The van der Waals surface area contributed by atoms with Crippen LogP contribution in [0.25, 0.3) is 10.9 Å². The lowest BCUT2D eigenvalue weighted by Gasteiger charge is -1.99. The summed E-state index contributed by atoms with van der Waals surface area (Å²) in [4.78, 5) is 30.2. The molecular weight excluding hydrogens is 286 g/mol. The number of rotatable bonds is 4. The number of thioether (sulfide) groups is 1. The van der Waals surface area contributed by atoms with Gasteiger partial charge in [-0.1, -0.05) is 30.0 Å². The first-order valence-electron chi connectivity index (χ1n) is 6.40. The number of ketones is 1. The largest absolute Gasteiger partial charge is 0.350 e. The highest BCUT2D eigenvalue weighted by Crippen LogP contribution is 2.22. The summed E-state index contributed by atoms with van der Waals surface area (Å²) in [6, 6.07) is 9.13. The summed E-state index contributed by atoms with van der Waals surface area (Å²) in [5, 5.41) is 1.40. The van der Waals surface area contributed by atoms with Crippen molar-refractivity contribution in [3.63, 3.8) is 0 Å². The monoisotopic (exact) mass is 299 g/mol. The Bertz CT molecular complexity index is 866. The van der Waals surface area contributed by atoms with E-state index in [1.54, 1.807) is 0 Å². The zero-order chi connectivity index (χ0) is 14.8. The van der Waals surface area contributed by atoms with Crippen molar-refractivity contribution in [2.45, 2.75) is 5.16 Å². The molecule has 0 atom stereocenters. The highest BCUT2D eigenvalue weighted by atomic mass is 32.2. The topological polar surface area (TPSA) is 67.8 Å². The third-order valence-corrected chi connectivity index (χ3v) is 4.07. The number of carbonyl (C=O) groups is 1. The van der Waals surface area contributed by atoms with E-state index >= 15 is 0 Å². The lowest BCUT2D eigenvalue weighted by molar-refractivity contribution is 0.102. The summed E-state index contributed by atoms with van der Waals surface area (Å²) in [6.07, 6.45) is 3.28. The minimum absolute atomic E-state index is 0.0169. The number of nitrogens with one attached hydrogen (secondary N) is 1. The van der Waals surface area contributed by atoms with Gasteiger partial charge < -0.3 is 9.55 Å². The van der Waals surface area contributed by atoms with E-state index < -0.39 is 0 Å². The number of Topliss-reactive ketones (excluding diaryl/α,β-unsaturated/α-hetero) is 1. The first-order valence-corrected chi connectivity index (χ1v) is 7.39. The predicted molar refractivity (Wildman–Crippen MR) is 82.8 cm³/mol. The van der Waals surface area contributed by atoms with E-state index in [4.69, 9.17) is 0 Å². The third-order valence-electron chi connectivity index (χ3n) is 3.19. The zero-order valence-electron chi connectivity index (χ0n) is 11.4. The summed E-state index contributed by atoms with van der Waals surface area (Å²) in [5.74, 6) is 0.254. The van der Waals surface area contributed by atoms with Crippen LogP contribution in [0.15, 0.2) is 52.7 Å². The molecule has 21 heavy (non-hydrogen) atoms. The van der Waals surface area contributed by atoms with Crippen LogP contribution in [-0.4, -0.2) is 26.1 Å². The molecule has 0 fully saturated rings. The Morgan fingerprint density at radius 1 is 1.33 bits per heavy atom. The number of benzene rings is 1. The molecule has 1 N–H and O–H groups in total. The maximum Gasteiger partial charge on any atom is 0.251 e. The van der Waals surface area contributed by atoms with Crippen LogP contribution < -0.4 is 5.56 Å². The van der Waals surface area contributed by atoms with Gasteiger partial charge in [0.05, 0.1) is 5.75 Å². The Labute approximate surface area is 125 Å². The molecule has 3 rings (SSSR count). The number of hydrogen-bond acceptors (Lipinski definition) is 4. The van der Waals surface area contributed by atoms with Crippen molar-refractivity contribution in [3.05, 3.63) is 58.6 Å². The Morgan fingerprint density at radius 3 is 2.95 bits per heavy atom. The van der Waals surface area contributed by atoms with Crippen LogP contribution in [0.1, 0.15) is 10.4 Å². The molecule has 0 amide bonds. The summed E-state index contributed by atoms with van der Waals surface area (Å²) < 4.78 is 1.94. The molecule has 0 spiro atoms. The first-order chi connectivity index (χ1) is 10.1. The van der Waals surface area contributed by atoms with Crippen LogP contribution >= 0.6 is 11.8 Å². The van der Waals surface area contributed by atoms with Gasteiger partial charge in [-0.2, -0.15) is 0 Å². The molecule has 2 heterocycles. The van der Waals surface area contributed by atoms with Crippen molar-refractivity contribution >= 4 is 28.4 Å². The number of hydrogen-bond donors (Lipinski definition) is 1. The van der Waals surface area contributed by atoms with Gasteiger partial charge in [-0.15, -0.1) is 0 Å². The minimum Gasteiger partial charge on any atom is -0.350 e.